The summed E-state index contributed by atoms with van der Waals surface area (Å²) >= 11 is 0. The van der Waals surface area contributed by atoms with Crippen molar-refractivity contribution in [2.24, 2.45) is 39.4 Å². The quantitative estimate of drug-likeness (QED) is 0.226. The maximum absolute atomic E-state index is 15.0. The molecule has 6 fully saturated rings. The summed E-state index contributed by atoms with van der Waals surface area (Å²) < 4.78 is 35.9. The highest BCUT2D eigenvalue weighted by Crippen LogP contribution is 2.82. The van der Waals surface area contributed by atoms with Gasteiger partial charge in [-0.15, -0.1) is 0 Å². The first-order valence-electron chi connectivity index (χ1n) is 16.9. The molecule has 3 heterocycles. The standard InChI is InChI=1S/C35H46O13/c1-8-15(2)29(42)47-30-31(5)20-12-21(38)33(7)25(34(20,14-44-30)27(41)24(45-16(3)36)28(31)46-17(4)37)23(39)26(40)32(6)19(18-9-10-43-13-18)11-22-35(32,33)48-22/h9-10,13,15,19-22,24-28,30,38,40-41H,8,11-12,14H2,1-7H3/t15?,19-,20-,21+,22+,24+,25-,26-,27-,28+,30?,31-,32+,33+,34-,35+/m0/s1. The van der Waals surface area contributed by atoms with Gasteiger partial charge in [0.1, 0.15) is 17.8 Å². The van der Waals surface area contributed by atoms with E-state index < -0.39 is 112 Å². The fourth-order valence-electron chi connectivity index (χ4n) is 11.6. The first kappa shape index (κ1) is 33.6. The summed E-state index contributed by atoms with van der Waals surface area (Å²) in [5, 5.41) is 37.2. The van der Waals surface area contributed by atoms with Crippen molar-refractivity contribution < 1.29 is 62.6 Å². The van der Waals surface area contributed by atoms with Crippen molar-refractivity contribution in [3.63, 3.8) is 0 Å². The molecule has 2 bridgehead atoms. The van der Waals surface area contributed by atoms with Crippen LogP contribution >= 0.6 is 0 Å². The van der Waals surface area contributed by atoms with Crippen LogP contribution in [0, 0.1) is 39.4 Å². The van der Waals surface area contributed by atoms with Crippen LogP contribution in [0.3, 0.4) is 0 Å². The van der Waals surface area contributed by atoms with Crippen LogP contribution in [0.25, 0.3) is 0 Å². The van der Waals surface area contributed by atoms with Crippen molar-refractivity contribution in [3.05, 3.63) is 24.2 Å². The first-order valence-corrected chi connectivity index (χ1v) is 16.9. The Morgan fingerprint density at radius 1 is 1.02 bits per heavy atom. The van der Waals surface area contributed by atoms with Gasteiger partial charge in [-0.25, -0.2) is 0 Å². The van der Waals surface area contributed by atoms with Gasteiger partial charge in [-0.3, -0.25) is 19.2 Å². The SMILES string of the molecule is CCC(C)C(=O)OC1OC[C@@]23[C@H]4C(=O)[C@H](O)[C@@]5(C)[C@H](c6ccoc6)C[C@H]6O[C@]65[C@]4(C)[C@H](O)C[C@H]2[C@@]1(C)[C@H](OC(C)=O)[C@H](OC(C)=O)[C@@H]3O. The van der Waals surface area contributed by atoms with Crippen molar-refractivity contribution in [2.75, 3.05) is 6.61 Å². The van der Waals surface area contributed by atoms with Crippen molar-refractivity contribution >= 4 is 23.7 Å². The number of hydrogen-bond acceptors (Lipinski definition) is 13. The number of furan rings is 1. The van der Waals surface area contributed by atoms with Crippen LogP contribution < -0.4 is 0 Å². The van der Waals surface area contributed by atoms with Gasteiger partial charge in [-0.05, 0) is 43.7 Å². The molecule has 3 N–H and O–H groups in total. The predicted octanol–water partition coefficient (Wildman–Crippen LogP) is 2.03. The molecule has 16 atom stereocenters. The molecule has 1 spiro atoms. The molecule has 2 unspecified atom stereocenters. The Bertz CT molecular complexity index is 1530. The fourth-order valence-corrected chi connectivity index (χ4v) is 11.6. The number of ketones is 1. The van der Waals surface area contributed by atoms with Gasteiger partial charge in [0, 0.05) is 41.9 Å². The minimum Gasteiger partial charge on any atom is -0.472 e. The number of esters is 3. The van der Waals surface area contributed by atoms with Crippen LogP contribution in [0.4, 0.5) is 0 Å². The molecule has 6 aliphatic rings. The van der Waals surface area contributed by atoms with E-state index >= 15 is 4.79 Å². The Hall–Kier alpha value is -2.84. The van der Waals surface area contributed by atoms with Crippen molar-refractivity contribution in [1.29, 1.82) is 0 Å². The maximum atomic E-state index is 15.0. The third-order valence-electron chi connectivity index (χ3n) is 13.9. The van der Waals surface area contributed by atoms with E-state index in [2.05, 4.69) is 0 Å². The Morgan fingerprint density at radius 2 is 1.71 bits per heavy atom. The van der Waals surface area contributed by atoms with Gasteiger partial charge >= 0.3 is 17.9 Å². The summed E-state index contributed by atoms with van der Waals surface area (Å²) in [6.07, 6.45) is -5.09. The third-order valence-corrected chi connectivity index (χ3v) is 13.9. The van der Waals surface area contributed by atoms with Crippen LogP contribution in [0.15, 0.2) is 23.0 Å². The maximum Gasteiger partial charge on any atom is 0.310 e. The van der Waals surface area contributed by atoms with E-state index in [4.69, 9.17) is 28.1 Å². The monoisotopic (exact) mass is 674 g/mol. The lowest BCUT2D eigenvalue weighted by Gasteiger charge is -2.73. The molecule has 2 aliphatic heterocycles. The molecule has 13 nitrogen and oxygen atoms in total. The number of aliphatic hydroxyl groups excluding tert-OH is 3. The topological polar surface area (TPSA) is 192 Å². The number of Topliss-reactive ketones (excluding diaryl/α,β-unsaturated/α-hetero) is 1. The molecular weight excluding hydrogens is 628 g/mol. The van der Waals surface area contributed by atoms with E-state index in [0.717, 1.165) is 12.5 Å². The van der Waals surface area contributed by atoms with Crippen LogP contribution in [0.1, 0.15) is 79.2 Å². The van der Waals surface area contributed by atoms with E-state index in [0.29, 0.717) is 12.8 Å². The van der Waals surface area contributed by atoms with Gasteiger partial charge in [0.05, 0.1) is 42.7 Å². The number of hydrogen-bond donors (Lipinski definition) is 3. The van der Waals surface area contributed by atoms with E-state index in [-0.39, 0.29) is 18.9 Å². The molecule has 264 valence electrons. The van der Waals surface area contributed by atoms with Gasteiger partial charge in [-0.1, -0.05) is 27.7 Å². The molecule has 0 radical (unpaired) electrons. The van der Waals surface area contributed by atoms with Gasteiger partial charge in [0.2, 0.25) is 6.29 Å². The predicted molar refractivity (Wildman–Crippen MR) is 161 cm³/mol. The highest BCUT2D eigenvalue weighted by Gasteiger charge is 2.92. The number of ether oxygens (including phenoxy) is 5. The average molecular weight is 675 g/mol. The Labute approximate surface area is 278 Å². The lowest BCUT2D eigenvalue weighted by molar-refractivity contribution is -0.391. The molecule has 1 aromatic rings. The molecule has 0 aromatic carbocycles. The van der Waals surface area contributed by atoms with Crippen LogP contribution in [0.5, 0.6) is 0 Å². The van der Waals surface area contributed by atoms with E-state index in [9.17, 15) is 29.7 Å². The summed E-state index contributed by atoms with van der Waals surface area (Å²) in [5.74, 6) is -5.68. The highest BCUT2D eigenvalue weighted by atomic mass is 16.7. The lowest BCUT2D eigenvalue weighted by Crippen LogP contribution is -2.84. The van der Waals surface area contributed by atoms with Crippen LogP contribution in [-0.4, -0.2) is 94.1 Å². The smallest absolute Gasteiger partial charge is 0.310 e. The number of aliphatic hydroxyl groups is 3. The summed E-state index contributed by atoms with van der Waals surface area (Å²) in [6.45, 7) is 10.8. The largest absolute Gasteiger partial charge is 0.472 e. The summed E-state index contributed by atoms with van der Waals surface area (Å²) in [4.78, 5) is 53.5. The van der Waals surface area contributed by atoms with Crippen molar-refractivity contribution in [3.8, 4) is 0 Å². The van der Waals surface area contributed by atoms with E-state index in [1.54, 1.807) is 33.1 Å². The molecule has 2 saturated heterocycles. The second-order valence-corrected chi connectivity index (χ2v) is 15.7. The number of carbonyl (C=O) groups is 4. The van der Waals surface area contributed by atoms with E-state index in [1.165, 1.54) is 13.2 Å². The Morgan fingerprint density at radius 3 is 2.31 bits per heavy atom. The van der Waals surface area contributed by atoms with Crippen molar-refractivity contribution in [2.45, 2.75) is 122 Å². The van der Waals surface area contributed by atoms with Crippen LogP contribution in [0.2, 0.25) is 0 Å². The molecule has 48 heavy (non-hydrogen) atoms. The zero-order valence-corrected chi connectivity index (χ0v) is 28.3. The molecule has 1 aromatic heterocycles. The van der Waals surface area contributed by atoms with Gasteiger partial charge in [0.15, 0.2) is 18.0 Å². The summed E-state index contributed by atoms with van der Waals surface area (Å²) in [7, 11) is 0. The van der Waals surface area contributed by atoms with Crippen molar-refractivity contribution in [1.82, 2.24) is 0 Å². The Balaban J connectivity index is 1.42. The minimum absolute atomic E-state index is 0.0283. The molecule has 0 amide bonds. The molecule has 4 aliphatic carbocycles. The summed E-state index contributed by atoms with van der Waals surface area (Å²) in [5.41, 5.74) is -6.04. The second kappa shape index (κ2) is 10.6. The number of fused-ring (bicyclic) bond motifs is 1. The van der Waals surface area contributed by atoms with Crippen LogP contribution in [-0.2, 0) is 42.9 Å². The Kier molecular flexibility index (Phi) is 7.42. The van der Waals surface area contributed by atoms with E-state index in [1.807, 2.05) is 13.8 Å². The van der Waals surface area contributed by atoms with Gasteiger partial charge < -0.3 is 43.4 Å². The summed E-state index contributed by atoms with van der Waals surface area (Å²) in [6, 6.07) is 1.80. The second-order valence-electron chi connectivity index (χ2n) is 15.7. The molecule has 7 rings (SSSR count). The average Bonchev–Trinajstić information content (AvgIpc) is 3.39. The lowest BCUT2D eigenvalue weighted by atomic mass is 9.33. The number of carbonyl (C=O) groups excluding carboxylic acids is 4. The first-order chi connectivity index (χ1) is 22.5. The number of rotatable bonds is 6. The minimum atomic E-state index is -1.66. The molecular formula is C35H46O13. The molecule has 4 saturated carbocycles. The fraction of sp³-hybridized carbons (Fsp3) is 0.771. The highest BCUT2D eigenvalue weighted by molar-refractivity contribution is 5.91. The molecule has 13 heteroatoms. The number of epoxide rings is 1. The zero-order valence-electron chi connectivity index (χ0n) is 28.3. The normalized spacial score (nSPS) is 50.6. The third kappa shape index (κ3) is 3.74. The van der Waals surface area contributed by atoms with Gasteiger partial charge in [-0.2, -0.15) is 0 Å². The zero-order chi connectivity index (χ0) is 34.9. The van der Waals surface area contributed by atoms with Gasteiger partial charge in [0.25, 0.3) is 0 Å².